The van der Waals surface area contributed by atoms with Crippen LogP contribution in [0, 0.1) is 5.92 Å². The third-order valence-corrected chi connectivity index (χ3v) is 9.11. The molecule has 0 radical (unpaired) electrons. The number of quaternary nitrogens is 1. The van der Waals surface area contributed by atoms with E-state index in [1.165, 1.54) is 25.9 Å². The number of carbonyl (C=O) groups excluding carboxylic acids is 2. The van der Waals surface area contributed by atoms with E-state index in [1.54, 1.807) is 7.11 Å². The van der Waals surface area contributed by atoms with Crippen molar-refractivity contribution >= 4 is 12.4 Å². The molecule has 4 aliphatic rings. The van der Waals surface area contributed by atoms with Crippen molar-refractivity contribution in [1.29, 1.82) is 0 Å². The van der Waals surface area contributed by atoms with Gasteiger partial charge in [0.15, 0.2) is 6.10 Å². The molecule has 39 heavy (non-hydrogen) atoms. The monoisotopic (exact) mass is 537 g/mol. The number of hydrogen-bond donors (Lipinski definition) is 0. The molecule has 4 fully saturated rings. The van der Waals surface area contributed by atoms with Crippen molar-refractivity contribution < 1.29 is 33.4 Å². The number of methoxy groups -OCH3 is 1. The maximum atomic E-state index is 13.9. The zero-order valence-electron chi connectivity index (χ0n) is 23.2. The lowest BCUT2D eigenvalue weighted by Gasteiger charge is -2.52. The molecule has 0 spiro atoms. The van der Waals surface area contributed by atoms with Gasteiger partial charge < -0.3 is 28.6 Å². The summed E-state index contributed by atoms with van der Waals surface area (Å²) in [6.45, 7) is 5.12. The van der Waals surface area contributed by atoms with Crippen LogP contribution in [0.25, 0.3) is 0 Å². The summed E-state index contributed by atoms with van der Waals surface area (Å²) in [7, 11) is 1.68. The lowest BCUT2D eigenvalue weighted by Crippen LogP contribution is -2.65. The minimum Gasteiger partial charge on any atom is -0.554 e. The molecular weight excluding hydrogens is 494 g/mol. The Morgan fingerprint density at radius 2 is 1.64 bits per heavy atom. The number of carboxylic acid groups (broad SMARTS) is 1. The summed E-state index contributed by atoms with van der Waals surface area (Å²) in [6, 6.07) is 18.5. The topological polar surface area (TPSA) is 84.9 Å². The first-order chi connectivity index (χ1) is 19.0. The van der Waals surface area contributed by atoms with Crippen molar-refractivity contribution in [2.24, 2.45) is 5.92 Å². The van der Waals surface area contributed by atoms with Gasteiger partial charge in [-0.15, -0.1) is 0 Å². The first-order valence-corrected chi connectivity index (χ1v) is 14.4. The SMILES string of the molecule is COc1ccc(COCC[N+]23CCC(CC2)[C@@H](OC(=O)C2(c4ccccc4)CCCCCC2)C3)cc1.O=C[O-]. The van der Waals surface area contributed by atoms with Gasteiger partial charge in [0.05, 0.1) is 38.8 Å². The fourth-order valence-corrected chi connectivity index (χ4v) is 6.79. The van der Waals surface area contributed by atoms with E-state index in [4.69, 9.17) is 24.1 Å². The molecule has 3 saturated heterocycles. The van der Waals surface area contributed by atoms with E-state index in [0.717, 1.165) is 79.6 Å². The molecule has 0 amide bonds. The number of hydrogen-bond acceptors (Lipinski definition) is 6. The number of fused-ring (bicyclic) bond motifs is 3. The van der Waals surface area contributed by atoms with Gasteiger partial charge in [0, 0.05) is 25.2 Å². The maximum absolute atomic E-state index is 13.9. The average molecular weight is 538 g/mol. The van der Waals surface area contributed by atoms with Crippen LogP contribution in [0.2, 0.25) is 0 Å². The molecule has 7 heteroatoms. The summed E-state index contributed by atoms with van der Waals surface area (Å²) >= 11 is 0. The Morgan fingerprint density at radius 3 is 2.26 bits per heavy atom. The molecule has 6 rings (SSSR count). The number of benzene rings is 2. The highest BCUT2D eigenvalue weighted by atomic mass is 16.5. The van der Waals surface area contributed by atoms with Crippen LogP contribution in [0.4, 0.5) is 0 Å². The maximum Gasteiger partial charge on any atom is 0.317 e. The van der Waals surface area contributed by atoms with Crippen molar-refractivity contribution in [2.45, 2.75) is 69.5 Å². The predicted molar refractivity (Wildman–Crippen MR) is 147 cm³/mol. The molecule has 2 aromatic rings. The Labute approximate surface area is 232 Å². The standard InChI is InChI=1S/C31H42NO4.CH2O2/c1-34-28-13-11-25(12-14-28)24-35-22-21-32-19-15-26(16-20-32)29(23-32)36-30(33)31(17-7-2-3-8-18-31)27-9-5-4-6-10-27;2-1-3/h4-6,9-14,26,29H,2-3,7-8,15-24H2,1H3;1H,(H,2,3)/q+1;/p-1/t26?,29-,32?;/m0./s1. The van der Waals surface area contributed by atoms with Gasteiger partial charge in [-0.1, -0.05) is 68.1 Å². The van der Waals surface area contributed by atoms with Crippen LogP contribution in [0.15, 0.2) is 54.6 Å². The second kappa shape index (κ2) is 13.9. The Bertz CT molecular complexity index is 1020. The zero-order valence-corrected chi connectivity index (χ0v) is 23.2. The average Bonchev–Trinajstić information content (AvgIpc) is 3.25. The molecule has 1 aliphatic carbocycles. The van der Waals surface area contributed by atoms with Gasteiger partial charge >= 0.3 is 5.97 Å². The molecule has 1 atom stereocenters. The van der Waals surface area contributed by atoms with Gasteiger partial charge in [-0.2, -0.15) is 0 Å². The highest BCUT2D eigenvalue weighted by Gasteiger charge is 2.50. The lowest BCUT2D eigenvalue weighted by atomic mass is 9.74. The van der Waals surface area contributed by atoms with E-state index in [9.17, 15) is 4.79 Å². The van der Waals surface area contributed by atoms with Crippen LogP contribution >= 0.6 is 0 Å². The molecule has 2 aromatic carbocycles. The third kappa shape index (κ3) is 7.20. The van der Waals surface area contributed by atoms with E-state index in [1.807, 2.05) is 18.2 Å². The van der Waals surface area contributed by atoms with Gasteiger partial charge in [0.2, 0.25) is 0 Å². The number of ether oxygens (including phenoxy) is 3. The second-order valence-electron chi connectivity index (χ2n) is 11.3. The summed E-state index contributed by atoms with van der Waals surface area (Å²) in [5, 5.41) is 8.25. The van der Waals surface area contributed by atoms with Crippen LogP contribution in [-0.2, 0) is 31.1 Å². The van der Waals surface area contributed by atoms with Crippen LogP contribution in [0.5, 0.6) is 5.75 Å². The molecule has 1 saturated carbocycles. The first-order valence-electron chi connectivity index (χ1n) is 14.4. The van der Waals surface area contributed by atoms with Gasteiger partial charge in [-0.3, -0.25) is 4.79 Å². The number of nitrogens with zero attached hydrogens (tertiary/aromatic N) is 1. The van der Waals surface area contributed by atoms with Crippen molar-refractivity contribution in [1.82, 2.24) is 0 Å². The number of piperidine rings is 3. The molecule has 0 aromatic heterocycles. The van der Waals surface area contributed by atoms with Crippen molar-refractivity contribution in [3.63, 3.8) is 0 Å². The minimum atomic E-state index is -0.500. The number of carbonyl (C=O) groups is 2. The molecule has 0 unspecified atom stereocenters. The fraction of sp³-hybridized carbons (Fsp3) is 0.562. The summed E-state index contributed by atoms with van der Waals surface area (Å²) in [5.41, 5.74) is 1.83. The highest BCUT2D eigenvalue weighted by Crippen LogP contribution is 2.42. The first kappa shape index (κ1) is 29.1. The highest BCUT2D eigenvalue weighted by molar-refractivity contribution is 5.83. The zero-order chi connectivity index (χ0) is 27.6. The van der Waals surface area contributed by atoms with E-state index < -0.39 is 11.9 Å². The lowest BCUT2D eigenvalue weighted by molar-refractivity contribution is -0.946. The minimum absolute atomic E-state index is 0.0308. The summed E-state index contributed by atoms with van der Waals surface area (Å²) < 4.78 is 18.8. The smallest absolute Gasteiger partial charge is 0.317 e. The summed E-state index contributed by atoms with van der Waals surface area (Å²) in [6.07, 6.45) is 8.77. The quantitative estimate of drug-likeness (QED) is 0.158. The Hall–Kier alpha value is -2.90. The molecule has 0 N–H and O–H groups in total. The van der Waals surface area contributed by atoms with E-state index in [0.29, 0.717) is 12.5 Å². The molecule has 3 aliphatic heterocycles. The molecule has 212 valence electrons. The van der Waals surface area contributed by atoms with Gasteiger partial charge in [-0.05, 0) is 36.1 Å². The summed E-state index contributed by atoms with van der Waals surface area (Å²) in [5.74, 6) is 1.41. The van der Waals surface area contributed by atoms with Crippen molar-refractivity contribution in [3.05, 3.63) is 65.7 Å². The summed E-state index contributed by atoms with van der Waals surface area (Å²) in [4.78, 5) is 22.2. The Balaban J connectivity index is 0.00000112. The van der Waals surface area contributed by atoms with E-state index >= 15 is 0 Å². The van der Waals surface area contributed by atoms with Crippen LogP contribution < -0.4 is 9.84 Å². The third-order valence-electron chi connectivity index (χ3n) is 9.11. The van der Waals surface area contributed by atoms with Gasteiger partial charge in [0.1, 0.15) is 18.8 Å². The van der Waals surface area contributed by atoms with Crippen LogP contribution in [0.1, 0.15) is 62.5 Å². The van der Waals surface area contributed by atoms with E-state index in [2.05, 4.69) is 36.4 Å². The van der Waals surface area contributed by atoms with E-state index in [-0.39, 0.29) is 12.1 Å². The normalized spacial score (nSPS) is 25.5. The van der Waals surface area contributed by atoms with Crippen LogP contribution in [0.3, 0.4) is 0 Å². The van der Waals surface area contributed by atoms with Crippen molar-refractivity contribution in [2.75, 3.05) is 39.9 Å². The van der Waals surface area contributed by atoms with Crippen molar-refractivity contribution in [3.8, 4) is 5.75 Å². The molecular formula is C32H43NO6. The fourth-order valence-electron chi connectivity index (χ4n) is 6.79. The largest absolute Gasteiger partial charge is 0.554 e. The number of rotatable bonds is 9. The molecule has 7 nitrogen and oxygen atoms in total. The second-order valence-corrected chi connectivity index (χ2v) is 11.3. The van der Waals surface area contributed by atoms with Crippen LogP contribution in [-0.4, -0.2) is 62.9 Å². The number of esters is 1. The Kier molecular flexibility index (Phi) is 10.4. The molecule has 3 heterocycles. The Morgan fingerprint density at radius 1 is 1.00 bits per heavy atom. The van der Waals surface area contributed by atoms with Gasteiger partial charge in [0.25, 0.3) is 0 Å². The molecule has 2 bridgehead atoms. The predicted octanol–water partition coefficient (Wildman–Crippen LogP) is 4.02. The van der Waals surface area contributed by atoms with Gasteiger partial charge in [-0.25, -0.2) is 0 Å².